The normalized spacial score (nSPS) is 19.6. The van der Waals surface area contributed by atoms with Crippen molar-refractivity contribution in [1.29, 1.82) is 0 Å². The maximum Gasteiger partial charge on any atom is 0.138 e. The van der Waals surface area contributed by atoms with Gasteiger partial charge in [-0.15, -0.1) is 0 Å². The molecule has 1 heteroatoms. The second-order valence-electron chi connectivity index (χ2n) is 17.5. The van der Waals surface area contributed by atoms with Crippen LogP contribution in [0.5, 0.6) is 5.75 Å². The van der Waals surface area contributed by atoms with E-state index in [0.717, 1.165) is 23.5 Å². The van der Waals surface area contributed by atoms with Crippen molar-refractivity contribution in [3.8, 4) is 72.5 Å². The maximum absolute atomic E-state index is 6.86. The fourth-order valence-corrected chi connectivity index (χ4v) is 11.2. The standard InChI is InChI=1S/C59H42O/c1-2-17-46-42(10-1)33-45-25-24-40(34-55(45)46)39-14-7-16-44(32-39)48-21-8-22-54-58-47(20-9-23-57(58)60-59(48)54)43-15-6-13-38(31-43)36-11-5-12-37(30-36)41-26-27-53-52-29-28-51(52)49-18-3-4-19-50(49)56(53)35-41/h1-27,30-32,34-35,47,51-52,58H,28-29,33H2/t47-,51?,52?,58?/m1/s1. The molecule has 1 aliphatic heterocycles. The van der Waals surface area contributed by atoms with Crippen molar-refractivity contribution in [1.82, 2.24) is 0 Å². The molecule has 0 saturated heterocycles. The van der Waals surface area contributed by atoms with Gasteiger partial charge in [0.05, 0.1) is 5.92 Å². The van der Waals surface area contributed by atoms with Gasteiger partial charge in [0.1, 0.15) is 11.5 Å². The summed E-state index contributed by atoms with van der Waals surface area (Å²) in [4.78, 5) is 0. The third-order valence-electron chi connectivity index (χ3n) is 14.3. The summed E-state index contributed by atoms with van der Waals surface area (Å²) in [5.74, 6) is 3.61. The van der Waals surface area contributed by atoms with E-state index in [0.29, 0.717) is 11.8 Å². The minimum atomic E-state index is 0.111. The summed E-state index contributed by atoms with van der Waals surface area (Å²) >= 11 is 0. The lowest BCUT2D eigenvalue weighted by atomic mass is 9.61. The zero-order valence-corrected chi connectivity index (χ0v) is 33.3. The fraction of sp³-hybridized carbons (Fsp3) is 0.119. The van der Waals surface area contributed by atoms with Gasteiger partial charge in [0.2, 0.25) is 0 Å². The summed E-state index contributed by atoms with van der Waals surface area (Å²) in [5, 5.41) is 0. The second-order valence-corrected chi connectivity index (χ2v) is 17.5. The first-order chi connectivity index (χ1) is 29.7. The Morgan fingerprint density at radius 3 is 1.80 bits per heavy atom. The average molecular weight is 767 g/mol. The number of para-hydroxylation sites is 1. The van der Waals surface area contributed by atoms with Gasteiger partial charge in [0.25, 0.3) is 0 Å². The van der Waals surface area contributed by atoms with E-state index in [4.69, 9.17) is 4.74 Å². The van der Waals surface area contributed by atoms with Gasteiger partial charge in [0, 0.05) is 17.0 Å². The molecule has 0 aromatic heterocycles. The Hall–Kier alpha value is -6.96. The molecule has 1 fully saturated rings. The highest BCUT2D eigenvalue weighted by atomic mass is 16.5. The predicted octanol–water partition coefficient (Wildman–Crippen LogP) is 15.3. The fourth-order valence-electron chi connectivity index (χ4n) is 11.2. The number of fused-ring (bicyclic) bond motifs is 12. The van der Waals surface area contributed by atoms with E-state index in [1.54, 1.807) is 0 Å². The number of hydrogen-bond acceptors (Lipinski definition) is 1. The lowest BCUT2D eigenvalue weighted by Crippen LogP contribution is -2.26. The van der Waals surface area contributed by atoms with Crippen LogP contribution in [0.15, 0.2) is 200 Å². The van der Waals surface area contributed by atoms with Crippen LogP contribution in [0.25, 0.3) is 66.8 Å². The van der Waals surface area contributed by atoms with E-state index in [1.165, 1.54) is 107 Å². The summed E-state index contributed by atoms with van der Waals surface area (Å²) < 4.78 is 6.86. The molecule has 1 nitrogen and oxygen atoms in total. The summed E-state index contributed by atoms with van der Waals surface area (Å²) in [6.07, 6.45) is 10.3. The molecular weight excluding hydrogens is 725 g/mol. The monoisotopic (exact) mass is 766 g/mol. The molecular formula is C59H42O. The van der Waals surface area contributed by atoms with Gasteiger partial charge >= 0.3 is 0 Å². The van der Waals surface area contributed by atoms with Crippen LogP contribution in [-0.4, -0.2) is 0 Å². The minimum Gasteiger partial charge on any atom is -0.460 e. The van der Waals surface area contributed by atoms with E-state index in [1.807, 2.05) is 0 Å². The molecule has 0 radical (unpaired) electrons. The van der Waals surface area contributed by atoms with Crippen LogP contribution >= 0.6 is 0 Å². The maximum atomic E-state index is 6.86. The Kier molecular flexibility index (Phi) is 7.52. The molecule has 13 rings (SSSR count). The number of benzene rings is 8. The summed E-state index contributed by atoms with van der Waals surface area (Å²) in [7, 11) is 0. The van der Waals surface area contributed by atoms with Crippen LogP contribution < -0.4 is 4.74 Å². The van der Waals surface area contributed by atoms with Gasteiger partial charge in [-0.3, -0.25) is 0 Å². The highest BCUT2D eigenvalue weighted by Crippen LogP contribution is 2.58. The molecule has 5 aliphatic rings. The van der Waals surface area contributed by atoms with E-state index >= 15 is 0 Å². The van der Waals surface area contributed by atoms with Crippen molar-refractivity contribution in [3.05, 3.63) is 233 Å². The number of allylic oxidation sites excluding steroid dienone is 4. The Morgan fingerprint density at radius 2 is 0.983 bits per heavy atom. The van der Waals surface area contributed by atoms with E-state index in [2.05, 4.69) is 194 Å². The molecule has 284 valence electrons. The number of ether oxygens (including phenoxy) is 1. The molecule has 0 spiro atoms. The van der Waals surface area contributed by atoms with Crippen LogP contribution in [0, 0.1) is 0 Å². The van der Waals surface area contributed by atoms with Gasteiger partial charge in [-0.05, 0) is 150 Å². The first-order valence-corrected chi connectivity index (χ1v) is 21.7. The number of hydrogen-bond donors (Lipinski definition) is 0. The average Bonchev–Trinajstić information content (AvgIpc) is 3.87. The van der Waals surface area contributed by atoms with Crippen molar-refractivity contribution >= 4 is 0 Å². The summed E-state index contributed by atoms with van der Waals surface area (Å²) in [6.45, 7) is 0. The molecule has 8 aromatic carbocycles. The van der Waals surface area contributed by atoms with Gasteiger partial charge < -0.3 is 4.74 Å². The van der Waals surface area contributed by atoms with Crippen molar-refractivity contribution in [3.63, 3.8) is 0 Å². The molecule has 0 N–H and O–H groups in total. The molecule has 0 amide bonds. The van der Waals surface area contributed by atoms with Crippen LogP contribution in [0.1, 0.15) is 69.9 Å². The summed E-state index contributed by atoms with van der Waals surface area (Å²) in [6, 6.07) is 66.1. The lowest BCUT2D eigenvalue weighted by Gasteiger charge is -2.43. The number of rotatable bonds is 5. The highest BCUT2D eigenvalue weighted by molar-refractivity contribution is 5.85. The molecule has 0 bridgehead atoms. The van der Waals surface area contributed by atoms with Crippen LogP contribution in [0.3, 0.4) is 0 Å². The Labute approximate surface area is 352 Å². The third-order valence-corrected chi connectivity index (χ3v) is 14.3. The van der Waals surface area contributed by atoms with Crippen molar-refractivity contribution < 1.29 is 4.74 Å². The van der Waals surface area contributed by atoms with Gasteiger partial charge in [-0.2, -0.15) is 0 Å². The van der Waals surface area contributed by atoms with Crippen molar-refractivity contribution in [2.24, 2.45) is 0 Å². The van der Waals surface area contributed by atoms with E-state index in [9.17, 15) is 0 Å². The summed E-state index contributed by atoms with van der Waals surface area (Å²) in [5.41, 5.74) is 23.8. The predicted molar refractivity (Wildman–Crippen MR) is 246 cm³/mol. The van der Waals surface area contributed by atoms with Gasteiger partial charge in [0.15, 0.2) is 0 Å². The molecule has 4 atom stereocenters. The smallest absolute Gasteiger partial charge is 0.138 e. The Balaban J connectivity index is 0.813. The molecule has 3 unspecified atom stereocenters. The molecule has 1 saturated carbocycles. The topological polar surface area (TPSA) is 9.23 Å². The zero-order valence-electron chi connectivity index (χ0n) is 33.3. The zero-order chi connectivity index (χ0) is 39.3. The molecule has 4 aliphatic carbocycles. The lowest BCUT2D eigenvalue weighted by molar-refractivity contribution is 0.343. The van der Waals surface area contributed by atoms with Crippen molar-refractivity contribution in [2.45, 2.75) is 42.9 Å². The van der Waals surface area contributed by atoms with Gasteiger partial charge in [-0.25, -0.2) is 0 Å². The Bertz CT molecular complexity index is 3140. The van der Waals surface area contributed by atoms with E-state index < -0.39 is 0 Å². The van der Waals surface area contributed by atoms with Crippen LogP contribution in [0.2, 0.25) is 0 Å². The van der Waals surface area contributed by atoms with Crippen molar-refractivity contribution in [2.75, 3.05) is 0 Å². The van der Waals surface area contributed by atoms with Crippen LogP contribution in [-0.2, 0) is 6.42 Å². The molecule has 1 heterocycles. The minimum absolute atomic E-state index is 0.111. The highest BCUT2D eigenvalue weighted by Gasteiger charge is 2.40. The third kappa shape index (κ3) is 5.25. The second kappa shape index (κ2) is 13.3. The Morgan fingerprint density at radius 1 is 0.400 bits per heavy atom. The van der Waals surface area contributed by atoms with E-state index in [-0.39, 0.29) is 11.8 Å². The first-order valence-electron chi connectivity index (χ1n) is 21.7. The first kappa shape index (κ1) is 34.0. The quantitative estimate of drug-likeness (QED) is 0.170. The largest absolute Gasteiger partial charge is 0.460 e. The molecule has 60 heavy (non-hydrogen) atoms. The molecule has 8 aromatic rings. The van der Waals surface area contributed by atoms with Gasteiger partial charge in [-0.1, -0.05) is 164 Å². The van der Waals surface area contributed by atoms with Crippen LogP contribution in [0.4, 0.5) is 0 Å². The SMILES string of the molecule is C1=C[C@H](c2cccc(-c3cccc(-c4ccc5c(c4)-c4ccccc4C4CCC54)c3)c2)C2C(=C1)Oc1c(-c3cccc(-c4ccc5c(c4)-c4ccccc4C5)c3)cccc12.